The lowest BCUT2D eigenvalue weighted by Gasteiger charge is -2.04. The van der Waals surface area contributed by atoms with Gasteiger partial charge in [-0.1, -0.05) is 6.92 Å². The first-order valence-electron chi connectivity index (χ1n) is 4.07. The monoisotopic (exact) mass is 219 g/mol. The van der Waals surface area contributed by atoms with Gasteiger partial charge in [0.1, 0.15) is 0 Å². The molecule has 0 saturated carbocycles. The minimum absolute atomic E-state index is 0.0276. The van der Waals surface area contributed by atoms with Crippen molar-refractivity contribution in [1.29, 1.82) is 0 Å². The van der Waals surface area contributed by atoms with Crippen LogP contribution in [0.4, 0.5) is 4.39 Å². The molecular formula is C8H10FNO3S. The van der Waals surface area contributed by atoms with Crippen LogP contribution in [0.2, 0.25) is 0 Å². The molecule has 0 bridgehead atoms. The highest BCUT2D eigenvalue weighted by atomic mass is 32.2. The first kappa shape index (κ1) is 10.9. The molecule has 0 saturated heterocycles. The molecule has 0 radical (unpaired) electrons. The summed E-state index contributed by atoms with van der Waals surface area (Å²) in [5.41, 5.74) is 0. The number of aromatic nitrogens is 1. The van der Waals surface area contributed by atoms with Gasteiger partial charge in [-0.05, 0) is 18.6 Å². The average Bonchev–Trinajstić information content (AvgIpc) is 2.08. The zero-order valence-electron chi connectivity index (χ0n) is 7.60. The fourth-order valence-electron chi connectivity index (χ4n) is 0.850. The number of hydrogen-bond acceptors (Lipinski definition) is 4. The maximum atomic E-state index is 12.4. The molecule has 1 aromatic heterocycles. The third-order valence-electron chi connectivity index (χ3n) is 1.38. The molecule has 0 aliphatic rings. The van der Waals surface area contributed by atoms with Gasteiger partial charge in [-0.15, -0.1) is 0 Å². The van der Waals surface area contributed by atoms with Crippen LogP contribution in [0, 0.1) is 5.95 Å². The van der Waals surface area contributed by atoms with Crippen LogP contribution >= 0.6 is 0 Å². The number of halogens is 1. The average molecular weight is 219 g/mol. The Hall–Kier alpha value is -1.17. The Morgan fingerprint density at radius 1 is 1.50 bits per heavy atom. The largest absolute Gasteiger partial charge is 0.381 e. The van der Waals surface area contributed by atoms with Crippen LogP contribution in [-0.2, 0) is 10.1 Å². The third-order valence-corrected chi connectivity index (χ3v) is 2.73. The van der Waals surface area contributed by atoms with Gasteiger partial charge < -0.3 is 4.18 Å². The number of pyridine rings is 1. The van der Waals surface area contributed by atoms with Crippen LogP contribution in [0.5, 0.6) is 5.75 Å². The Labute approximate surface area is 81.9 Å². The molecule has 0 fully saturated rings. The van der Waals surface area contributed by atoms with Crippen LogP contribution in [0.1, 0.15) is 13.3 Å². The summed E-state index contributed by atoms with van der Waals surface area (Å²) in [7, 11) is -3.56. The Bertz CT molecular complexity index is 388. The van der Waals surface area contributed by atoms with Gasteiger partial charge in [0.2, 0.25) is 5.95 Å². The molecule has 1 aromatic rings. The van der Waals surface area contributed by atoms with E-state index in [1.807, 2.05) is 0 Å². The van der Waals surface area contributed by atoms with Crippen LogP contribution < -0.4 is 4.18 Å². The van der Waals surface area contributed by atoms with Crippen molar-refractivity contribution in [2.75, 3.05) is 5.75 Å². The van der Waals surface area contributed by atoms with Crippen molar-refractivity contribution in [2.45, 2.75) is 13.3 Å². The van der Waals surface area contributed by atoms with Crippen molar-refractivity contribution >= 4 is 10.1 Å². The second-order valence-electron chi connectivity index (χ2n) is 2.66. The van der Waals surface area contributed by atoms with E-state index in [-0.39, 0.29) is 11.5 Å². The number of hydrogen-bond donors (Lipinski definition) is 0. The second kappa shape index (κ2) is 4.36. The highest BCUT2D eigenvalue weighted by Gasteiger charge is 2.11. The van der Waals surface area contributed by atoms with Crippen LogP contribution in [0.3, 0.4) is 0 Å². The van der Waals surface area contributed by atoms with Crippen LogP contribution in [-0.4, -0.2) is 19.2 Å². The summed E-state index contributed by atoms with van der Waals surface area (Å²) in [5, 5.41) is 0. The maximum absolute atomic E-state index is 12.4. The molecule has 0 aliphatic heterocycles. The van der Waals surface area contributed by atoms with E-state index < -0.39 is 16.1 Å². The topological polar surface area (TPSA) is 56.3 Å². The highest BCUT2D eigenvalue weighted by molar-refractivity contribution is 7.87. The summed E-state index contributed by atoms with van der Waals surface area (Å²) in [6, 6.07) is 2.26. The Balaban J connectivity index is 2.74. The molecule has 0 aliphatic carbocycles. The smallest absolute Gasteiger partial charge is 0.309 e. The molecule has 0 N–H and O–H groups in total. The third kappa shape index (κ3) is 3.29. The van der Waals surface area contributed by atoms with E-state index in [4.69, 9.17) is 0 Å². The van der Waals surface area contributed by atoms with E-state index in [1.165, 1.54) is 6.07 Å². The van der Waals surface area contributed by atoms with Crippen molar-refractivity contribution in [3.8, 4) is 5.75 Å². The Morgan fingerprint density at radius 2 is 2.21 bits per heavy atom. The highest BCUT2D eigenvalue weighted by Crippen LogP contribution is 2.11. The van der Waals surface area contributed by atoms with Crippen LogP contribution in [0.25, 0.3) is 0 Å². The molecule has 0 aromatic carbocycles. The Kier molecular flexibility index (Phi) is 3.40. The molecule has 1 heterocycles. The van der Waals surface area contributed by atoms with Crippen molar-refractivity contribution in [3.05, 3.63) is 24.3 Å². The summed E-state index contributed by atoms with van der Waals surface area (Å²) >= 11 is 0. The number of nitrogens with zero attached hydrogens (tertiary/aromatic N) is 1. The van der Waals surface area contributed by atoms with Gasteiger partial charge in [0.25, 0.3) is 0 Å². The molecule has 0 spiro atoms. The minimum atomic E-state index is -3.56. The van der Waals surface area contributed by atoms with Gasteiger partial charge in [-0.25, -0.2) is 4.98 Å². The molecule has 0 unspecified atom stereocenters. The molecule has 4 nitrogen and oxygen atoms in total. The SMILES string of the molecule is CCCS(=O)(=O)Oc1ccc(F)nc1. The predicted octanol–water partition coefficient (Wildman–Crippen LogP) is 1.34. The fourth-order valence-corrected chi connectivity index (χ4v) is 1.82. The first-order chi connectivity index (χ1) is 6.53. The van der Waals surface area contributed by atoms with Gasteiger partial charge in [0, 0.05) is 0 Å². The van der Waals surface area contributed by atoms with Gasteiger partial charge in [-0.3, -0.25) is 0 Å². The normalized spacial score (nSPS) is 11.3. The molecule has 1 rings (SSSR count). The summed E-state index contributed by atoms with van der Waals surface area (Å²) in [6.45, 7) is 1.73. The zero-order chi connectivity index (χ0) is 10.6. The molecule has 78 valence electrons. The van der Waals surface area contributed by atoms with E-state index in [0.717, 1.165) is 12.3 Å². The van der Waals surface area contributed by atoms with Gasteiger partial charge in [-0.2, -0.15) is 12.8 Å². The van der Waals surface area contributed by atoms with E-state index in [2.05, 4.69) is 9.17 Å². The summed E-state index contributed by atoms with van der Waals surface area (Å²) in [6.07, 6.45) is 1.50. The van der Waals surface area contributed by atoms with Crippen molar-refractivity contribution in [2.24, 2.45) is 0 Å². The van der Waals surface area contributed by atoms with Crippen molar-refractivity contribution < 1.29 is 17.0 Å². The standard InChI is InChI=1S/C8H10FNO3S/c1-2-5-14(11,12)13-7-3-4-8(9)10-6-7/h3-4,6H,2,5H2,1H3. The summed E-state index contributed by atoms with van der Waals surface area (Å²) in [4.78, 5) is 3.27. The Morgan fingerprint density at radius 3 is 2.71 bits per heavy atom. The van der Waals surface area contributed by atoms with E-state index in [9.17, 15) is 12.8 Å². The van der Waals surface area contributed by atoms with Crippen molar-refractivity contribution in [1.82, 2.24) is 4.98 Å². The van der Waals surface area contributed by atoms with E-state index in [0.29, 0.717) is 6.42 Å². The lowest BCUT2D eigenvalue weighted by Crippen LogP contribution is -2.13. The lowest BCUT2D eigenvalue weighted by atomic mass is 10.5. The van der Waals surface area contributed by atoms with Gasteiger partial charge >= 0.3 is 10.1 Å². The predicted molar refractivity (Wildman–Crippen MR) is 48.9 cm³/mol. The molecule has 14 heavy (non-hydrogen) atoms. The van der Waals surface area contributed by atoms with Gasteiger partial charge in [0.15, 0.2) is 5.75 Å². The van der Waals surface area contributed by atoms with Gasteiger partial charge in [0.05, 0.1) is 11.9 Å². The number of rotatable bonds is 4. The summed E-state index contributed by atoms with van der Waals surface area (Å²) in [5.74, 6) is -0.713. The van der Waals surface area contributed by atoms with E-state index in [1.54, 1.807) is 6.92 Å². The zero-order valence-corrected chi connectivity index (χ0v) is 8.42. The maximum Gasteiger partial charge on any atom is 0.309 e. The molecule has 0 atom stereocenters. The van der Waals surface area contributed by atoms with E-state index >= 15 is 0 Å². The molecule has 6 heteroatoms. The minimum Gasteiger partial charge on any atom is -0.381 e. The molecule has 0 amide bonds. The summed E-state index contributed by atoms with van der Waals surface area (Å²) < 4.78 is 39.3. The second-order valence-corrected chi connectivity index (χ2v) is 4.35. The molecular weight excluding hydrogens is 209 g/mol. The first-order valence-corrected chi connectivity index (χ1v) is 5.65. The van der Waals surface area contributed by atoms with Crippen molar-refractivity contribution in [3.63, 3.8) is 0 Å². The quantitative estimate of drug-likeness (QED) is 0.566. The lowest BCUT2D eigenvalue weighted by molar-refractivity contribution is 0.480. The van der Waals surface area contributed by atoms with Crippen LogP contribution in [0.15, 0.2) is 18.3 Å². The fraction of sp³-hybridized carbons (Fsp3) is 0.375.